The molecule has 0 aromatic carbocycles. The SMILES string of the molecule is CCNC(=NCc1nc(C)c(C)o1)NCCNS(=O)(=O)CC. The fourth-order valence-electron chi connectivity index (χ4n) is 1.58. The number of aryl methyl sites for hydroxylation is 2. The molecule has 1 heterocycles. The first-order valence-corrected chi connectivity index (χ1v) is 8.95. The van der Waals surface area contributed by atoms with Gasteiger partial charge in [0.05, 0.1) is 11.4 Å². The number of nitrogens with one attached hydrogen (secondary N) is 3. The van der Waals surface area contributed by atoms with Crippen molar-refractivity contribution in [3.63, 3.8) is 0 Å². The van der Waals surface area contributed by atoms with E-state index >= 15 is 0 Å². The molecule has 0 aliphatic carbocycles. The van der Waals surface area contributed by atoms with Crippen molar-refractivity contribution >= 4 is 16.0 Å². The van der Waals surface area contributed by atoms with E-state index in [1.165, 1.54) is 0 Å². The van der Waals surface area contributed by atoms with Gasteiger partial charge in [-0.1, -0.05) is 0 Å². The first-order valence-electron chi connectivity index (χ1n) is 7.30. The van der Waals surface area contributed by atoms with Crippen LogP contribution in [0.5, 0.6) is 0 Å². The van der Waals surface area contributed by atoms with E-state index in [-0.39, 0.29) is 5.75 Å². The third-order valence-corrected chi connectivity index (χ3v) is 4.31. The van der Waals surface area contributed by atoms with Crippen molar-refractivity contribution in [3.8, 4) is 0 Å². The minimum absolute atomic E-state index is 0.0734. The van der Waals surface area contributed by atoms with Gasteiger partial charge in [-0.25, -0.2) is 23.1 Å². The summed E-state index contributed by atoms with van der Waals surface area (Å²) < 4.78 is 30.6. The van der Waals surface area contributed by atoms with Gasteiger partial charge in [-0.3, -0.25) is 0 Å². The van der Waals surface area contributed by atoms with Gasteiger partial charge in [0.15, 0.2) is 5.96 Å². The normalized spacial score (nSPS) is 12.5. The molecule has 0 saturated heterocycles. The predicted octanol–water partition coefficient (Wildman–Crippen LogP) is 0.286. The molecule has 8 nitrogen and oxygen atoms in total. The molecule has 0 radical (unpaired) electrons. The Morgan fingerprint density at radius 3 is 2.50 bits per heavy atom. The summed E-state index contributed by atoms with van der Waals surface area (Å²) in [7, 11) is -3.16. The predicted molar refractivity (Wildman–Crippen MR) is 86.3 cm³/mol. The number of oxazole rings is 1. The number of aromatic nitrogens is 1. The van der Waals surface area contributed by atoms with E-state index in [4.69, 9.17) is 4.42 Å². The first kappa shape index (κ1) is 18.4. The van der Waals surface area contributed by atoms with Crippen LogP contribution in [0.15, 0.2) is 9.41 Å². The number of hydrogen-bond donors (Lipinski definition) is 3. The largest absolute Gasteiger partial charge is 0.444 e. The minimum atomic E-state index is -3.16. The maximum atomic E-state index is 11.3. The summed E-state index contributed by atoms with van der Waals surface area (Å²) in [6.45, 7) is 9.07. The van der Waals surface area contributed by atoms with Crippen LogP contribution in [0, 0.1) is 13.8 Å². The van der Waals surface area contributed by atoms with Crippen molar-refractivity contribution in [1.29, 1.82) is 0 Å². The van der Waals surface area contributed by atoms with E-state index in [9.17, 15) is 8.42 Å². The van der Waals surface area contributed by atoms with Crippen molar-refractivity contribution in [2.24, 2.45) is 4.99 Å². The highest BCUT2D eigenvalue weighted by Crippen LogP contribution is 2.08. The fraction of sp³-hybridized carbons (Fsp3) is 0.692. The second-order valence-electron chi connectivity index (χ2n) is 4.67. The molecule has 0 saturated carbocycles. The average molecular weight is 331 g/mol. The highest BCUT2D eigenvalue weighted by atomic mass is 32.2. The van der Waals surface area contributed by atoms with Crippen LogP contribution in [0.2, 0.25) is 0 Å². The quantitative estimate of drug-likeness (QED) is 0.359. The van der Waals surface area contributed by atoms with Crippen molar-refractivity contribution in [2.45, 2.75) is 34.2 Å². The minimum Gasteiger partial charge on any atom is -0.444 e. The lowest BCUT2D eigenvalue weighted by atomic mass is 10.4. The van der Waals surface area contributed by atoms with Crippen molar-refractivity contribution in [2.75, 3.05) is 25.4 Å². The maximum absolute atomic E-state index is 11.3. The van der Waals surface area contributed by atoms with E-state index in [0.29, 0.717) is 38.0 Å². The molecule has 0 spiro atoms. The Morgan fingerprint density at radius 1 is 1.23 bits per heavy atom. The van der Waals surface area contributed by atoms with Crippen LogP contribution in [0.4, 0.5) is 0 Å². The van der Waals surface area contributed by atoms with Crippen LogP contribution < -0.4 is 15.4 Å². The lowest BCUT2D eigenvalue weighted by Gasteiger charge is -2.11. The highest BCUT2D eigenvalue weighted by molar-refractivity contribution is 7.89. The fourth-order valence-corrected chi connectivity index (χ4v) is 2.20. The molecule has 0 fully saturated rings. The van der Waals surface area contributed by atoms with E-state index < -0.39 is 10.0 Å². The lowest BCUT2D eigenvalue weighted by Crippen LogP contribution is -2.41. The van der Waals surface area contributed by atoms with Crippen LogP contribution in [-0.2, 0) is 16.6 Å². The van der Waals surface area contributed by atoms with E-state index in [1.807, 2.05) is 20.8 Å². The standard InChI is InChI=1S/C13H25N5O3S/c1-5-14-13(15-7-8-17-22(19,20)6-2)16-9-12-18-10(3)11(4)21-12/h17H,5-9H2,1-4H3,(H2,14,15,16). The van der Waals surface area contributed by atoms with Gasteiger partial charge in [0.25, 0.3) is 0 Å². The molecule has 0 unspecified atom stereocenters. The van der Waals surface area contributed by atoms with Gasteiger partial charge in [0.2, 0.25) is 15.9 Å². The second kappa shape index (κ2) is 8.74. The van der Waals surface area contributed by atoms with E-state index in [0.717, 1.165) is 11.5 Å². The Bertz CT molecular complexity index is 575. The van der Waals surface area contributed by atoms with Crippen LogP contribution in [0.3, 0.4) is 0 Å². The third-order valence-electron chi connectivity index (χ3n) is 2.91. The summed E-state index contributed by atoms with van der Waals surface area (Å²) in [5.74, 6) is 2.01. The summed E-state index contributed by atoms with van der Waals surface area (Å²) in [5, 5.41) is 6.13. The monoisotopic (exact) mass is 331 g/mol. The summed E-state index contributed by atoms with van der Waals surface area (Å²) in [6, 6.07) is 0. The maximum Gasteiger partial charge on any atom is 0.216 e. The van der Waals surface area contributed by atoms with Gasteiger partial charge >= 0.3 is 0 Å². The Morgan fingerprint density at radius 2 is 1.95 bits per heavy atom. The van der Waals surface area contributed by atoms with E-state index in [1.54, 1.807) is 6.92 Å². The summed E-state index contributed by atoms with van der Waals surface area (Å²) in [5.41, 5.74) is 0.858. The number of sulfonamides is 1. The van der Waals surface area contributed by atoms with Crippen molar-refractivity contribution in [3.05, 3.63) is 17.3 Å². The van der Waals surface area contributed by atoms with Gasteiger partial charge < -0.3 is 15.1 Å². The molecule has 3 N–H and O–H groups in total. The molecule has 9 heteroatoms. The molecule has 22 heavy (non-hydrogen) atoms. The number of rotatable bonds is 8. The molecule has 1 rings (SSSR count). The Labute approximate surface area is 131 Å². The Balaban J connectivity index is 2.48. The smallest absolute Gasteiger partial charge is 0.216 e. The van der Waals surface area contributed by atoms with Gasteiger partial charge in [-0.05, 0) is 27.7 Å². The average Bonchev–Trinajstić information content (AvgIpc) is 2.79. The van der Waals surface area contributed by atoms with Gasteiger partial charge in [0, 0.05) is 19.6 Å². The number of nitrogens with zero attached hydrogens (tertiary/aromatic N) is 2. The topological polar surface area (TPSA) is 109 Å². The molecule has 1 aromatic rings. The molecule has 0 aliphatic rings. The summed E-state index contributed by atoms with van der Waals surface area (Å²) in [6.07, 6.45) is 0. The van der Waals surface area contributed by atoms with Crippen LogP contribution in [-0.4, -0.2) is 44.7 Å². The molecule has 0 atom stereocenters. The Kier molecular flexibility index (Phi) is 7.33. The molecular formula is C13H25N5O3S. The van der Waals surface area contributed by atoms with Gasteiger partial charge in [0.1, 0.15) is 12.3 Å². The van der Waals surface area contributed by atoms with Gasteiger partial charge in [-0.15, -0.1) is 0 Å². The van der Waals surface area contributed by atoms with Crippen molar-refractivity contribution in [1.82, 2.24) is 20.3 Å². The second-order valence-corrected chi connectivity index (χ2v) is 6.76. The van der Waals surface area contributed by atoms with Gasteiger partial charge in [-0.2, -0.15) is 0 Å². The van der Waals surface area contributed by atoms with E-state index in [2.05, 4.69) is 25.3 Å². The molecule has 0 aliphatic heterocycles. The number of aliphatic imine (C=N–C) groups is 1. The zero-order valence-electron chi connectivity index (χ0n) is 13.6. The molecule has 0 amide bonds. The first-order chi connectivity index (χ1) is 10.4. The zero-order valence-corrected chi connectivity index (χ0v) is 14.4. The molecular weight excluding hydrogens is 306 g/mol. The van der Waals surface area contributed by atoms with Crippen LogP contribution in [0.1, 0.15) is 31.2 Å². The number of hydrogen-bond acceptors (Lipinski definition) is 5. The van der Waals surface area contributed by atoms with Crippen molar-refractivity contribution < 1.29 is 12.8 Å². The molecule has 126 valence electrons. The summed E-state index contributed by atoms with van der Waals surface area (Å²) >= 11 is 0. The third kappa shape index (κ3) is 6.44. The number of guanidine groups is 1. The summed E-state index contributed by atoms with van der Waals surface area (Å²) in [4.78, 5) is 8.61. The Hall–Kier alpha value is -1.61. The molecule has 1 aromatic heterocycles. The molecule has 0 bridgehead atoms. The zero-order chi connectivity index (χ0) is 16.6. The van der Waals surface area contributed by atoms with Crippen LogP contribution >= 0.6 is 0 Å². The highest BCUT2D eigenvalue weighted by Gasteiger charge is 2.06. The van der Waals surface area contributed by atoms with Crippen LogP contribution in [0.25, 0.3) is 0 Å². The lowest BCUT2D eigenvalue weighted by molar-refractivity contribution is 0.473.